The first kappa shape index (κ1) is 11.2. The van der Waals surface area contributed by atoms with Gasteiger partial charge in [0.25, 0.3) is 0 Å². The van der Waals surface area contributed by atoms with Crippen LogP contribution in [-0.2, 0) is 0 Å². The fourth-order valence-corrected chi connectivity index (χ4v) is 2.00. The van der Waals surface area contributed by atoms with Crippen molar-refractivity contribution in [1.82, 2.24) is 4.98 Å². The van der Waals surface area contributed by atoms with Gasteiger partial charge in [-0.15, -0.1) is 0 Å². The van der Waals surface area contributed by atoms with Gasteiger partial charge in [-0.1, -0.05) is 25.4 Å². The van der Waals surface area contributed by atoms with E-state index in [1.165, 1.54) is 5.56 Å². The van der Waals surface area contributed by atoms with Gasteiger partial charge in [-0.2, -0.15) is 0 Å². The summed E-state index contributed by atoms with van der Waals surface area (Å²) in [6, 6.07) is 5.78. The topological polar surface area (TPSA) is 22.1 Å². The zero-order valence-corrected chi connectivity index (χ0v) is 10.4. The van der Waals surface area contributed by atoms with Gasteiger partial charge in [-0.25, -0.2) is 4.98 Å². The van der Waals surface area contributed by atoms with Crippen LogP contribution in [0.25, 0.3) is 10.8 Å². The summed E-state index contributed by atoms with van der Waals surface area (Å²) < 4.78 is 5.25. The number of ether oxygens (including phenoxy) is 1. The first-order valence-electron chi connectivity index (χ1n) is 5.25. The summed E-state index contributed by atoms with van der Waals surface area (Å²) in [5, 5.41) is 2.87. The molecule has 0 aliphatic carbocycles. The molecule has 84 valence electrons. The average molecular weight is 236 g/mol. The molecule has 0 radical (unpaired) electrons. The maximum Gasteiger partial charge on any atom is 0.221 e. The van der Waals surface area contributed by atoms with E-state index < -0.39 is 0 Å². The largest absolute Gasteiger partial charge is 0.481 e. The molecule has 0 aliphatic heterocycles. The van der Waals surface area contributed by atoms with Gasteiger partial charge in [0.2, 0.25) is 5.88 Å². The summed E-state index contributed by atoms with van der Waals surface area (Å²) in [5.41, 5.74) is 1.19. The number of fused-ring (bicyclic) bond motifs is 1. The summed E-state index contributed by atoms with van der Waals surface area (Å²) >= 11 is 6.03. The molecule has 0 aliphatic rings. The number of aromatic nitrogens is 1. The molecule has 3 heteroatoms. The first-order valence-corrected chi connectivity index (χ1v) is 5.63. The number of methoxy groups -OCH3 is 1. The SMILES string of the molecule is COc1ncc(C(C)C)c2cc(Cl)ccc12. The Morgan fingerprint density at radius 3 is 2.62 bits per heavy atom. The van der Waals surface area contributed by atoms with Crippen molar-refractivity contribution < 1.29 is 4.74 Å². The normalized spacial score (nSPS) is 11.1. The van der Waals surface area contributed by atoms with Gasteiger partial charge >= 0.3 is 0 Å². The van der Waals surface area contributed by atoms with E-state index in [1.54, 1.807) is 7.11 Å². The maximum atomic E-state index is 6.03. The minimum absolute atomic E-state index is 0.416. The van der Waals surface area contributed by atoms with Gasteiger partial charge in [0, 0.05) is 16.6 Å². The third kappa shape index (κ3) is 1.85. The zero-order valence-electron chi connectivity index (χ0n) is 9.62. The van der Waals surface area contributed by atoms with Gasteiger partial charge in [0.05, 0.1) is 7.11 Å². The van der Waals surface area contributed by atoms with E-state index in [0.29, 0.717) is 11.8 Å². The highest BCUT2D eigenvalue weighted by molar-refractivity contribution is 6.31. The van der Waals surface area contributed by atoms with Crippen molar-refractivity contribution >= 4 is 22.4 Å². The molecule has 1 aromatic carbocycles. The van der Waals surface area contributed by atoms with Gasteiger partial charge in [-0.05, 0) is 35.1 Å². The van der Waals surface area contributed by atoms with Crippen molar-refractivity contribution in [2.75, 3.05) is 7.11 Å². The van der Waals surface area contributed by atoms with Crippen LogP contribution in [0.1, 0.15) is 25.3 Å². The van der Waals surface area contributed by atoms with Gasteiger partial charge < -0.3 is 4.74 Å². The van der Waals surface area contributed by atoms with E-state index in [-0.39, 0.29) is 0 Å². The van der Waals surface area contributed by atoms with Crippen molar-refractivity contribution in [1.29, 1.82) is 0 Å². The Kier molecular flexibility index (Phi) is 3.01. The van der Waals surface area contributed by atoms with Gasteiger partial charge in [-0.3, -0.25) is 0 Å². The van der Waals surface area contributed by atoms with Crippen LogP contribution in [-0.4, -0.2) is 12.1 Å². The maximum absolute atomic E-state index is 6.03. The highest BCUT2D eigenvalue weighted by atomic mass is 35.5. The summed E-state index contributed by atoms with van der Waals surface area (Å²) in [4.78, 5) is 4.31. The van der Waals surface area contributed by atoms with Crippen LogP contribution < -0.4 is 4.74 Å². The number of benzene rings is 1. The molecule has 0 fully saturated rings. The van der Waals surface area contributed by atoms with Crippen molar-refractivity contribution in [3.05, 3.63) is 35.0 Å². The summed E-state index contributed by atoms with van der Waals surface area (Å²) in [7, 11) is 1.63. The lowest BCUT2D eigenvalue weighted by molar-refractivity contribution is 0.403. The minimum atomic E-state index is 0.416. The van der Waals surface area contributed by atoms with Crippen LogP contribution in [0, 0.1) is 0 Å². The molecule has 0 amide bonds. The van der Waals surface area contributed by atoms with E-state index in [4.69, 9.17) is 16.3 Å². The van der Waals surface area contributed by atoms with Crippen molar-refractivity contribution in [3.63, 3.8) is 0 Å². The summed E-state index contributed by atoms with van der Waals surface area (Å²) in [6.07, 6.45) is 1.86. The Balaban J connectivity index is 2.80. The lowest BCUT2D eigenvalue weighted by Crippen LogP contribution is -1.95. The lowest BCUT2D eigenvalue weighted by Gasteiger charge is -2.12. The second-order valence-electron chi connectivity index (χ2n) is 4.07. The molecule has 2 rings (SSSR count). The van der Waals surface area contributed by atoms with Gasteiger partial charge in [0.15, 0.2) is 0 Å². The van der Waals surface area contributed by atoms with Crippen LogP contribution in [0.4, 0.5) is 0 Å². The molecule has 0 saturated carbocycles. The molecule has 0 N–H and O–H groups in total. The number of halogens is 1. The third-order valence-electron chi connectivity index (χ3n) is 2.66. The third-order valence-corrected chi connectivity index (χ3v) is 2.89. The fraction of sp³-hybridized carbons (Fsp3) is 0.308. The summed E-state index contributed by atoms with van der Waals surface area (Å²) in [6.45, 7) is 4.29. The number of hydrogen-bond acceptors (Lipinski definition) is 2. The van der Waals surface area contributed by atoms with Crippen molar-refractivity contribution in [3.8, 4) is 5.88 Å². The monoisotopic (exact) mass is 235 g/mol. The molecule has 0 saturated heterocycles. The fourth-order valence-electron chi connectivity index (χ4n) is 1.83. The van der Waals surface area contributed by atoms with E-state index in [1.807, 2.05) is 24.4 Å². The molecular weight excluding hydrogens is 222 g/mol. The highest BCUT2D eigenvalue weighted by Gasteiger charge is 2.10. The number of nitrogens with zero attached hydrogens (tertiary/aromatic N) is 1. The second-order valence-corrected chi connectivity index (χ2v) is 4.50. The number of rotatable bonds is 2. The molecule has 0 spiro atoms. The van der Waals surface area contributed by atoms with Crippen LogP contribution in [0.3, 0.4) is 0 Å². The quantitative estimate of drug-likeness (QED) is 0.784. The predicted octanol–water partition coefficient (Wildman–Crippen LogP) is 4.02. The zero-order chi connectivity index (χ0) is 11.7. The van der Waals surface area contributed by atoms with Gasteiger partial charge in [0.1, 0.15) is 0 Å². The van der Waals surface area contributed by atoms with E-state index >= 15 is 0 Å². The molecule has 2 aromatic rings. The molecule has 0 unspecified atom stereocenters. The first-order chi connectivity index (χ1) is 7.63. The average Bonchev–Trinajstić information content (AvgIpc) is 2.26. The van der Waals surface area contributed by atoms with Crippen molar-refractivity contribution in [2.45, 2.75) is 19.8 Å². The molecule has 1 heterocycles. The number of hydrogen-bond donors (Lipinski definition) is 0. The Morgan fingerprint density at radius 1 is 1.25 bits per heavy atom. The molecular formula is C13H14ClNO. The Hall–Kier alpha value is -1.28. The van der Waals surface area contributed by atoms with E-state index in [9.17, 15) is 0 Å². The highest BCUT2D eigenvalue weighted by Crippen LogP contribution is 2.31. The Morgan fingerprint density at radius 2 is 2.00 bits per heavy atom. The van der Waals surface area contributed by atoms with Crippen LogP contribution >= 0.6 is 11.6 Å². The van der Waals surface area contributed by atoms with Crippen LogP contribution in [0.2, 0.25) is 5.02 Å². The number of pyridine rings is 1. The lowest BCUT2D eigenvalue weighted by atomic mass is 9.99. The summed E-state index contributed by atoms with van der Waals surface area (Å²) in [5.74, 6) is 1.07. The molecule has 16 heavy (non-hydrogen) atoms. The molecule has 0 atom stereocenters. The molecule has 2 nitrogen and oxygen atoms in total. The van der Waals surface area contributed by atoms with E-state index in [0.717, 1.165) is 15.8 Å². The molecule has 1 aromatic heterocycles. The smallest absolute Gasteiger partial charge is 0.221 e. The standard InChI is InChI=1S/C13H14ClNO/c1-8(2)12-7-15-13(16-3)10-5-4-9(14)6-11(10)12/h4-8H,1-3H3. The predicted molar refractivity (Wildman–Crippen MR) is 67.4 cm³/mol. The minimum Gasteiger partial charge on any atom is -0.481 e. The Labute approximate surface area is 100 Å². The van der Waals surface area contributed by atoms with Crippen LogP contribution in [0.15, 0.2) is 24.4 Å². The van der Waals surface area contributed by atoms with Crippen molar-refractivity contribution in [2.24, 2.45) is 0 Å². The molecule has 0 bridgehead atoms. The Bertz CT molecular complexity index is 523. The van der Waals surface area contributed by atoms with E-state index in [2.05, 4.69) is 18.8 Å². The van der Waals surface area contributed by atoms with Crippen LogP contribution in [0.5, 0.6) is 5.88 Å². The second kappa shape index (κ2) is 4.30.